The minimum Gasteiger partial charge on any atom is -0.481 e. The van der Waals surface area contributed by atoms with Gasteiger partial charge in [-0.15, -0.1) is 12.4 Å². The highest BCUT2D eigenvalue weighted by Crippen LogP contribution is 2.29. The minimum atomic E-state index is -1.01. The molecule has 1 amide bonds. The van der Waals surface area contributed by atoms with E-state index >= 15 is 0 Å². The highest BCUT2D eigenvalue weighted by atomic mass is 35.5. The van der Waals surface area contributed by atoms with Crippen LogP contribution in [-0.4, -0.2) is 41.5 Å². The average molecular weight is 371 g/mol. The van der Waals surface area contributed by atoms with E-state index in [0.717, 1.165) is 24.6 Å². The molecule has 0 aromatic heterocycles. The van der Waals surface area contributed by atoms with E-state index in [1.807, 2.05) is 6.07 Å². The molecule has 2 aliphatic rings. The van der Waals surface area contributed by atoms with Crippen molar-refractivity contribution in [1.29, 1.82) is 0 Å². The highest BCUT2D eigenvalue weighted by Gasteiger charge is 2.36. The molecule has 0 saturated carbocycles. The van der Waals surface area contributed by atoms with Crippen molar-refractivity contribution in [3.63, 3.8) is 0 Å². The maximum absolute atomic E-state index is 14.5. The third-order valence-corrected chi connectivity index (χ3v) is 5.06. The van der Waals surface area contributed by atoms with Gasteiger partial charge in [0.15, 0.2) is 0 Å². The predicted molar refractivity (Wildman–Crippen MR) is 95.4 cm³/mol. The van der Waals surface area contributed by atoms with Gasteiger partial charge in [-0.05, 0) is 49.5 Å². The van der Waals surface area contributed by atoms with Crippen LogP contribution in [-0.2, 0) is 16.1 Å². The van der Waals surface area contributed by atoms with Crippen molar-refractivity contribution in [3.05, 3.63) is 29.6 Å². The normalized spacial score (nSPS) is 22.1. The van der Waals surface area contributed by atoms with E-state index in [-0.39, 0.29) is 37.0 Å². The van der Waals surface area contributed by atoms with Gasteiger partial charge in [-0.3, -0.25) is 14.5 Å². The van der Waals surface area contributed by atoms with Crippen LogP contribution in [0.4, 0.5) is 10.1 Å². The van der Waals surface area contributed by atoms with E-state index < -0.39 is 17.7 Å². The molecule has 3 rings (SSSR count). The van der Waals surface area contributed by atoms with Gasteiger partial charge in [0, 0.05) is 19.5 Å². The summed E-state index contributed by atoms with van der Waals surface area (Å²) in [6, 6.07) is 4.89. The van der Waals surface area contributed by atoms with Crippen LogP contribution in [0.2, 0.25) is 0 Å². The van der Waals surface area contributed by atoms with Crippen LogP contribution in [0.5, 0.6) is 0 Å². The third kappa shape index (κ3) is 4.50. The average Bonchev–Trinajstić information content (AvgIpc) is 2.92. The number of carbonyl (C=O) groups is 2. The van der Waals surface area contributed by atoms with E-state index in [0.29, 0.717) is 6.54 Å². The number of rotatable bonds is 4. The van der Waals surface area contributed by atoms with Crippen LogP contribution in [0.15, 0.2) is 18.2 Å². The number of carboxylic acids is 1. The Bertz CT molecular complexity index is 647. The van der Waals surface area contributed by atoms with Crippen molar-refractivity contribution in [1.82, 2.24) is 4.90 Å². The molecular formula is C18H24ClFN2O3. The lowest BCUT2D eigenvalue weighted by Crippen LogP contribution is -2.32. The van der Waals surface area contributed by atoms with Gasteiger partial charge in [-0.25, -0.2) is 4.39 Å². The zero-order valence-electron chi connectivity index (χ0n) is 14.3. The predicted octanol–water partition coefficient (Wildman–Crippen LogP) is 2.92. The summed E-state index contributed by atoms with van der Waals surface area (Å²) in [5.41, 5.74) is 1.06. The van der Waals surface area contributed by atoms with Crippen LogP contribution in [0, 0.1) is 17.7 Å². The standard InChI is InChI=1S/C18H23FN2O3.ClH/c1-12-4-6-20(7-5-12)10-13-2-3-16(15(19)8-13)21-11-14(18(23)24)9-17(21)22;/h2-3,8,12,14H,4-7,9-11H2,1H3,(H,23,24);1H. The van der Waals surface area contributed by atoms with Gasteiger partial charge < -0.3 is 10.0 Å². The molecule has 2 fully saturated rings. The topological polar surface area (TPSA) is 60.9 Å². The van der Waals surface area contributed by atoms with Gasteiger partial charge in [0.25, 0.3) is 0 Å². The van der Waals surface area contributed by atoms with Gasteiger partial charge in [0.1, 0.15) is 5.82 Å². The molecule has 1 aromatic rings. The summed E-state index contributed by atoms with van der Waals surface area (Å²) in [6.07, 6.45) is 2.27. The number of aliphatic carboxylic acids is 1. The molecule has 2 aliphatic heterocycles. The number of likely N-dealkylation sites (tertiary alicyclic amines) is 1. The van der Waals surface area contributed by atoms with Gasteiger partial charge in [0.2, 0.25) is 5.91 Å². The van der Waals surface area contributed by atoms with Gasteiger partial charge in [-0.2, -0.15) is 0 Å². The first-order chi connectivity index (χ1) is 11.4. The zero-order valence-corrected chi connectivity index (χ0v) is 15.1. The smallest absolute Gasteiger partial charge is 0.308 e. The van der Waals surface area contributed by atoms with Crippen molar-refractivity contribution in [2.75, 3.05) is 24.5 Å². The highest BCUT2D eigenvalue weighted by molar-refractivity contribution is 5.99. The summed E-state index contributed by atoms with van der Waals surface area (Å²) in [4.78, 5) is 26.6. The Balaban J connectivity index is 0.00000225. The molecule has 1 N–H and O–H groups in total. The molecule has 0 radical (unpaired) electrons. The minimum absolute atomic E-state index is 0. The van der Waals surface area contributed by atoms with Crippen LogP contribution in [0.25, 0.3) is 0 Å². The SMILES string of the molecule is CC1CCN(Cc2ccc(N3CC(C(=O)O)CC3=O)c(F)c2)CC1.Cl. The second-order valence-electron chi connectivity index (χ2n) is 6.99. The Morgan fingerprint density at radius 2 is 2.00 bits per heavy atom. The molecule has 0 bridgehead atoms. The molecule has 1 atom stereocenters. The summed E-state index contributed by atoms with van der Waals surface area (Å²) >= 11 is 0. The fraction of sp³-hybridized carbons (Fsp3) is 0.556. The summed E-state index contributed by atoms with van der Waals surface area (Å²) < 4.78 is 14.5. The summed E-state index contributed by atoms with van der Waals surface area (Å²) in [5.74, 6) is -1.81. The lowest BCUT2D eigenvalue weighted by molar-refractivity contribution is -0.141. The molecular weight excluding hydrogens is 347 g/mol. The lowest BCUT2D eigenvalue weighted by Gasteiger charge is -2.30. The monoisotopic (exact) mass is 370 g/mol. The second kappa shape index (κ2) is 8.15. The number of hydrogen-bond acceptors (Lipinski definition) is 3. The largest absolute Gasteiger partial charge is 0.481 e. The first-order valence-corrected chi connectivity index (χ1v) is 8.48. The third-order valence-electron chi connectivity index (χ3n) is 5.06. The van der Waals surface area contributed by atoms with E-state index in [4.69, 9.17) is 5.11 Å². The number of anilines is 1. The maximum Gasteiger partial charge on any atom is 0.308 e. The molecule has 2 heterocycles. The summed E-state index contributed by atoms with van der Waals surface area (Å²) in [7, 11) is 0. The van der Waals surface area contributed by atoms with Crippen molar-refractivity contribution >= 4 is 30.0 Å². The number of benzene rings is 1. The van der Waals surface area contributed by atoms with Crippen molar-refractivity contribution in [2.24, 2.45) is 11.8 Å². The van der Waals surface area contributed by atoms with Crippen LogP contribution >= 0.6 is 12.4 Å². The molecule has 1 aromatic carbocycles. The van der Waals surface area contributed by atoms with Crippen molar-refractivity contribution in [2.45, 2.75) is 32.7 Å². The summed E-state index contributed by atoms with van der Waals surface area (Å²) in [5, 5.41) is 9.03. The lowest BCUT2D eigenvalue weighted by atomic mass is 9.99. The molecule has 0 spiro atoms. The first kappa shape index (κ1) is 19.7. The van der Waals surface area contributed by atoms with Gasteiger partial charge >= 0.3 is 5.97 Å². The second-order valence-corrected chi connectivity index (χ2v) is 6.99. The van der Waals surface area contributed by atoms with Crippen molar-refractivity contribution in [3.8, 4) is 0 Å². The number of nitrogens with zero attached hydrogens (tertiary/aromatic N) is 2. The fourth-order valence-electron chi connectivity index (χ4n) is 3.45. The molecule has 5 nitrogen and oxygen atoms in total. The van der Waals surface area contributed by atoms with E-state index in [9.17, 15) is 14.0 Å². The van der Waals surface area contributed by atoms with E-state index in [1.165, 1.54) is 23.8 Å². The van der Waals surface area contributed by atoms with Gasteiger partial charge in [0.05, 0.1) is 11.6 Å². The molecule has 0 aliphatic carbocycles. The number of amides is 1. The first-order valence-electron chi connectivity index (χ1n) is 8.48. The van der Waals surface area contributed by atoms with E-state index in [2.05, 4.69) is 11.8 Å². The Labute approximate surface area is 153 Å². The number of halogens is 2. The molecule has 138 valence electrons. The fourth-order valence-corrected chi connectivity index (χ4v) is 3.45. The van der Waals surface area contributed by atoms with E-state index in [1.54, 1.807) is 6.07 Å². The Morgan fingerprint density at radius 3 is 2.56 bits per heavy atom. The van der Waals surface area contributed by atoms with Gasteiger partial charge in [-0.1, -0.05) is 13.0 Å². The molecule has 1 unspecified atom stereocenters. The van der Waals surface area contributed by atoms with Crippen LogP contribution < -0.4 is 4.90 Å². The summed E-state index contributed by atoms with van der Waals surface area (Å²) in [6.45, 7) is 5.04. The number of carboxylic acid groups (broad SMARTS) is 1. The van der Waals surface area contributed by atoms with Crippen LogP contribution in [0.3, 0.4) is 0 Å². The van der Waals surface area contributed by atoms with Crippen LogP contribution in [0.1, 0.15) is 31.7 Å². The number of carbonyl (C=O) groups excluding carboxylic acids is 1. The molecule has 7 heteroatoms. The Morgan fingerprint density at radius 1 is 1.32 bits per heavy atom. The maximum atomic E-state index is 14.5. The molecule has 25 heavy (non-hydrogen) atoms. The van der Waals surface area contributed by atoms with Crippen molar-refractivity contribution < 1.29 is 19.1 Å². The zero-order chi connectivity index (χ0) is 17.3. The molecule has 2 saturated heterocycles. The Kier molecular flexibility index (Phi) is 6.41. The quantitative estimate of drug-likeness (QED) is 0.885. The number of piperidine rings is 1. The number of hydrogen-bond donors (Lipinski definition) is 1. The Hall–Kier alpha value is -1.66.